The van der Waals surface area contributed by atoms with E-state index in [2.05, 4.69) is 41.1 Å². The third-order valence-corrected chi connectivity index (χ3v) is 4.46. The second-order valence-corrected chi connectivity index (χ2v) is 6.03. The summed E-state index contributed by atoms with van der Waals surface area (Å²) >= 11 is 0. The van der Waals surface area contributed by atoms with E-state index in [0.717, 1.165) is 31.0 Å². The van der Waals surface area contributed by atoms with Gasteiger partial charge in [0.05, 0.1) is 5.69 Å². The SMILES string of the molecule is CCN(Cc1ccccn1)CC1(c2ccc(N)cc2)CC1. The molecule has 0 bridgehead atoms. The lowest BCUT2D eigenvalue weighted by Gasteiger charge is -2.26. The Kier molecular flexibility index (Phi) is 3.93. The zero-order valence-corrected chi connectivity index (χ0v) is 12.6. The Hall–Kier alpha value is -1.87. The number of rotatable bonds is 6. The van der Waals surface area contributed by atoms with Crippen molar-refractivity contribution in [3.63, 3.8) is 0 Å². The molecule has 1 aliphatic carbocycles. The molecule has 1 heterocycles. The molecule has 0 aliphatic heterocycles. The molecule has 3 nitrogen and oxygen atoms in total. The minimum Gasteiger partial charge on any atom is -0.399 e. The lowest BCUT2D eigenvalue weighted by molar-refractivity contribution is 0.250. The summed E-state index contributed by atoms with van der Waals surface area (Å²) < 4.78 is 0. The maximum atomic E-state index is 5.80. The van der Waals surface area contributed by atoms with Gasteiger partial charge >= 0.3 is 0 Å². The fourth-order valence-corrected chi connectivity index (χ4v) is 2.95. The molecule has 1 fully saturated rings. The molecule has 0 saturated heterocycles. The van der Waals surface area contributed by atoms with Crippen LogP contribution in [-0.2, 0) is 12.0 Å². The van der Waals surface area contributed by atoms with Gasteiger partial charge in [-0.3, -0.25) is 9.88 Å². The van der Waals surface area contributed by atoms with Crippen molar-refractivity contribution in [2.24, 2.45) is 0 Å². The van der Waals surface area contributed by atoms with Crippen LogP contribution >= 0.6 is 0 Å². The van der Waals surface area contributed by atoms with Crippen LogP contribution in [0.15, 0.2) is 48.7 Å². The summed E-state index contributed by atoms with van der Waals surface area (Å²) in [5.74, 6) is 0. The maximum Gasteiger partial charge on any atom is 0.0543 e. The van der Waals surface area contributed by atoms with E-state index in [1.165, 1.54) is 18.4 Å². The number of benzene rings is 1. The Bertz CT molecular complexity index is 573. The molecule has 0 atom stereocenters. The number of likely N-dealkylation sites (N-methyl/N-ethyl adjacent to an activating group) is 1. The summed E-state index contributed by atoms with van der Waals surface area (Å²) in [5, 5.41) is 0. The predicted octanol–water partition coefficient (Wildman–Crippen LogP) is 3.22. The molecule has 21 heavy (non-hydrogen) atoms. The van der Waals surface area contributed by atoms with Crippen molar-refractivity contribution in [2.45, 2.75) is 31.7 Å². The largest absolute Gasteiger partial charge is 0.399 e. The van der Waals surface area contributed by atoms with Gasteiger partial charge in [-0.25, -0.2) is 0 Å². The highest BCUT2D eigenvalue weighted by Crippen LogP contribution is 2.49. The molecule has 3 heteroatoms. The van der Waals surface area contributed by atoms with Gasteiger partial charge in [-0.05, 0) is 49.2 Å². The van der Waals surface area contributed by atoms with Gasteiger partial charge in [0.25, 0.3) is 0 Å². The third-order valence-electron chi connectivity index (χ3n) is 4.46. The van der Waals surface area contributed by atoms with Crippen LogP contribution < -0.4 is 5.73 Å². The van der Waals surface area contributed by atoms with Gasteiger partial charge in [0.1, 0.15) is 0 Å². The zero-order valence-electron chi connectivity index (χ0n) is 12.6. The molecular formula is C18H23N3. The molecule has 0 spiro atoms. The molecule has 2 aromatic rings. The van der Waals surface area contributed by atoms with Crippen molar-refractivity contribution >= 4 is 5.69 Å². The standard InChI is InChI=1S/C18H23N3/c1-2-21(13-17-5-3-4-12-20-17)14-18(10-11-18)15-6-8-16(19)9-7-15/h3-9,12H,2,10-11,13-14,19H2,1H3. The van der Waals surface area contributed by atoms with Gasteiger partial charge in [0, 0.05) is 30.4 Å². The summed E-state index contributed by atoms with van der Waals surface area (Å²) in [6, 6.07) is 14.5. The second-order valence-electron chi connectivity index (χ2n) is 6.03. The van der Waals surface area contributed by atoms with Crippen LogP contribution in [0.25, 0.3) is 0 Å². The van der Waals surface area contributed by atoms with E-state index in [9.17, 15) is 0 Å². The predicted molar refractivity (Wildman–Crippen MR) is 87.0 cm³/mol. The molecule has 1 aliphatic rings. The van der Waals surface area contributed by atoms with E-state index in [1.807, 2.05) is 24.4 Å². The van der Waals surface area contributed by atoms with Crippen molar-refractivity contribution in [1.82, 2.24) is 9.88 Å². The highest BCUT2D eigenvalue weighted by Gasteiger charge is 2.45. The van der Waals surface area contributed by atoms with Crippen molar-refractivity contribution < 1.29 is 0 Å². The van der Waals surface area contributed by atoms with Crippen molar-refractivity contribution in [3.8, 4) is 0 Å². The van der Waals surface area contributed by atoms with Crippen LogP contribution in [0.4, 0.5) is 5.69 Å². The van der Waals surface area contributed by atoms with Crippen LogP contribution in [0.2, 0.25) is 0 Å². The van der Waals surface area contributed by atoms with E-state index in [1.54, 1.807) is 0 Å². The van der Waals surface area contributed by atoms with Crippen LogP contribution in [-0.4, -0.2) is 23.0 Å². The highest BCUT2D eigenvalue weighted by atomic mass is 15.1. The van der Waals surface area contributed by atoms with Gasteiger partial charge in [0.15, 0.2) is 0 Å². The number of pyridine rings is 1. The molecule has 0 unspecified atom stereocenters. The molecule has 0 radical (unpaired) electrons. The average Bonchev–Trinajstić information content (AvgIpc) is 3.29. The van der Waals surface area contributed by atoms with Gasteiger partial charge < -0.3 is 5.73 Å². The number of nitrogen functional groups attached to an aromatic ring is 1. The minimum atomic E-state index is 0.332. The number of hydrogen-bond donors (Lipinski definition) is 1. The number of aromatic nitrogens is 1. The Balaban J connectivity index is 1.70. The van der Waals surface area contributed by atoms with E-state index in [-0.39, 0.29) is 0 Å². The number of nitrogens with zero attached hydrogens (tertiary/aromatic N) is 2. The molecule has 1 saturated carbocycles. The van der Waals surface area contributed by atoms with Crippen LogP contribution in [0.5, 0.6) is 0 Å². The first-order valence-corrected chi connectivity index (χ1v) is 7.70. The molecule has 0 amide bonds. The maximum absolute atomic E-state index is 5.80. The molecule has 3 rings (SSSR count). The lowest BCUT2D eigenvalue weighted by Crippen LogP contribution is -2.32. The summed E-state index contributed by atoms with van der Waals surface area (Å²) in [5.41, 5.74) is 9.55. The average molecular weight is 281 g/mol. The smallest absolute Gasteiger partial charge is 0.0543 e. The van der Waals surface area contributed by atoms with E-state index in [0.29, 0.717) is 5.41 Å². The van der Waals surface area contributed by atoms with E-state index in [4.69, 9.17) is 5.73 Å². The molecular weight excluding hydrogens is 258 g/mol. The summed E-state index contributed by atoms with van der Waals surface area (Å²) in [4.78, 5) is 6.93. The van der Waals surface area contributed by atoms with Gasteiger partial charge in [-0.2, -0.15) is 0 Å². The molecule has 1 aromatic carbocycles. The first kappa shape index (κ1) is 14.1. The Labute approximate surface area is 126 Å². The van der Waals surface area contributed by atoms with Gasteiger partial charge in [-0.1, -0.05) is 25.1 Å². The summed E-state index contributed by atoms with van der Waals surface area (Å²) in [7, 11) is 0. The Morgan fingerprint density at radius 2 is 1.90 bits per heavy atom. The fourth-order valence-electron chi connectivity index (χ4n) is 2.95. The van der Waals surface area contributed by atoms with Gasteiger partial charge in [0.2, 0.25) is 0 Å². The molecule has 2 N–H and O–H groups in total. The normalized spacial score (nSPS) is 16.1. The zero-order chi connectivity index (χ0) is 14.7. The summed E-state index contributed by atoms with van der Waals surface area (Å²) in [6.45, 7) is 5.30. The summed E-state index contributed by atoms with van der Waals surface area (Å²) in [6.07, 6.45) is 4.42. The number of nitrogens with two attached hydrogens (primary N) is 1. The van der Waals surface area contributed by atoms with E-state index < -0.39 is 0 Å². The monoisotopic (exact) mass is 281 g/mol. The first-order valence-electron chi connectivity index (χ1n) is 7.70. The molecule has 110 valence electrons. The lowest BCUT2D eigenvalue weighted by atomic mass is 9.95. The van der Waals surface area contributed by atoms with Crippen LogP contribution in [0.1, 0.15) is 31.0 Å². The Morgan fingerprint density at radius 3 is 2.48 bits per heavy atom. The Morgan fingerprint density at radius 1 is 1.14 bits per heavy atom. The van der Waals surface area contributed by atoms with Crippen molar-refractivity contribution in [3.05, 3.63) is 59.9 Å². The number of anilines is 1. The van der Waals surface area contributed by atoms with Crippen LogP contribution in [0.3, 0.4) is 0 Å². The van der Waals surface area contributed by atoms with Crippen molar-refractivity contribution in [2.75, 3.05) is 18.8 Å². The highest BCUT2D eigenvalue weighted by molar-refractivity contribution is 5.43. The quantitative estimate of drug-likeness (QED) is 0.827. The second kappa shape index (κ2) is 5.86. The van der Waals surface area contributed by atoms with Crippen molar-refractivity contribution in [1.29, 1.82) is 0 Å². The topological polar surface area (TPSA) is 42.2 Å². The van der Waals surface area contributed by atoms with E-state index >= 15 is 0 Å². The fraction of sp³-hybridized carbons (Fsp3) is 0.389. The minimum absolute atomic E-state index is 0.332. The number of hydrogen-bond acceptors (Lipinski definition) is 3. The van der Waals surface area contributed by atoms with Gasteiger partial charge in [-0.15, -0.1) is 0 Å². The third kappa shape index (κ3) is 3.24. The molecule has 1 aromatic heterocycles. The first-order chi connectivity index (χ1) is 10.2. The van der Waals surface area contributed by atoms with Crippen LogP contribution in [0, 0.1) is 0 Å².